The number of carbonyl (C=O) groups excluding carboxylic acids is 1. The summed E-state index contributed by atoms with van der Waals surface area (Å²) in [5.74, 6) is -0.326. The van der Waals surface area contributed by atoms with Crippen molar-refractivity contribution in [2.45, 2.75) is 18.0 Å². The molecular formula is C20H23ClN6O3S. The van der Waals surface area contributed by atoms with E-state index in [1.54, 1.807) is 41.2 Å². The fourth-order valence-electron chi connectivity index (χ4n) is 3.60. The van der Waals surface area contributed by atoms with Crippen LogP contribution in [0.3, 0.4) is 0 Å². The average Bonchev–Trinajstić information content (AvgIpc) is 3.11. The van der Waals surface area contributed by atoms with Gasteiger partial charge in [-0.25, -0.2) is 13.6 Å². The molecular weight excluding hydrogens is 440 g/mol. The summed E-state index contributed by atoms with van der Waals surface area (Å²) in [5, 5.41) is 16.9. The van der Waals surface area contributed by atoms with Gasteiger partial charge in [0, 0.05) is 48.5 Å². The molecule has 9 nitrogen and oxygen atoms in total. The summed E-state index contributed by atoms with van der Waals surface area (Å²) in [5.41, 5.74) is 1.42. The summed E-state index contributed by atoms with van der Waals surface area (Å²) in [6.45, 7) is 4.08. The number of rotatable bonds is 6. The largest absolute Gasteiger partial charge is 0.326 e. The van der Waals surface area contributed by atoms with Gasteiger partial charge in [-0.3, -0.25) is 14.4 Å². The molecule has 0 unspecified atom stereocenters. The minimum absolute atomic E-state index is 0.0554. The van der Waals surface area contributed by atoms with Gasteiger partial charge in [0.05, 0.1) is 23.5 Å². The zero-order valence-corrected chi connectivity index (χ0v) is 18.3. The molecule has 0 spiro atoms. The molecule has 3 aromatic rings. The van der Waals surface area contributed by atoms with E-state index >= 15 is 0 Å². The highest BCUT2D eigenvalue weighted by Crippen LogP contribution is 2.27. The third-order valence-corrected chi connectivity index (χ3v) is 6.41. The minimum atomic E-state index is -4.02. The van der Waals surface area contributed by atoms with Crippen LogP contribution in [0.25, 0.3) is 10.9 Å². The lowest BCUT2D eigenvalue weighted by Gasteiger charge is -2.26. The zero-order valence-electron chi connectivity index (χ0n) is 16.7. The first-order chi connectivity index (χ1) is 14.8. The number of sulfonamides is 1. The molecule has 31 heavy (non-hydrogen) atoms. The molecule has 1 fully saturated rings. The van der Waals surface area contributed by atoms with E-state index in [1.807, 2.05) is 0 Å². The van der Waals surface area contributed by atoms with Crippen molar-refractivity contribution < 1.29 is 13.2 Å². The second kappa shape index (κ2) is 8.93. The van der Waals surface area contributed by atoms with Crippen molar-refractivity contribution in [1.82, 2.24) is 20.0 Å². The highest BCUT2D eigenvalue weighted by atomic mass is 35.5. The summed E-state index contributed by atoms with van der Waals surface area (Å²) in [4.78, 5) is 14.6. The van der Waals surface area contributed by atoms with E-state index in [1.165, 1.54) is 6.07 Å². The highest BCUT2D eigenvalue weighted by molar-refractivity contribution is 7.89. The second-order valence-corrected chi connectivity index (χ2v) is 9.38. The molecule has 2 heterocycles. The van der Waals surface area contributed by atoms with Crippen LogP contribution < -0.4 is 15.8 Å². The summed E-state index contributed by atoms with van der Waals surface area (Å²) in [7, 11) is -4.02. The smallest absolute Gasteiger partial charge is 0.238 e. The number of amides is 1. The van der Waals surface area contributed by atoms with Crippen LogP contribution in [-0.2, 0) is 27.9 Å². The van der Waals surface area contributed by atoms with E-state index < -0.39 is 10.0 Å². The molecule has 0 saturated carbocycles. The molecule has 1 aliphatic heterocycles. The minimum Gasteiger partial charge on any atom is -0.326 e. The first-order valence-corrected chi connectivity index (χ1v) is 11.7. The molecule has 1 aromatic heterocycles. The number of hydrogen-bond acceptors (Lipinski definition) is 6. The van der Waals surface area contributed by atoms with Gasteiger partial charge in [0.1, 0.15) is 0 Å². The molecule has 4 N–H and O–H groups in total. The Hall–Kier alpha value is -2.50. The van der Waals surface area contributed by atoms with Crippen LogP contribution in [0.1, 0.15) is 5.56 Å². The predicted molar refractivity (Wildman–Crippen MR) is 119 cm³/mol. The van der Waals surface area contributed by atoms with Gasteiger partial charge >= 0.3 is 0 Å². The van der Waals surface area contributed by atoms with E-state index in [0.29, 0.717) is 33.8 Å². The van der Waals surface area contributed by atoms with Gasteiger partial charge in [-0.05, 0) is 23.8 Å². The van der Waals surface area contributed by atoms with Crippen molar-refractivity contribution in [1.29, 1.82) is 0 Å². The van der Waals surface area contributed by atoms with Gasteiger partial charge in [-0.2, -0.15) is 5.10 Å². The lowest BCUT2D eigenvalue weighted by molar-refractivity contribution is -0.115. The third kappa shape index (κ3) is 5.23. The Morgan fingerprint density at radius 1 is 1.23 bits per heavy atom. The van der Waals surface area contributed by atoms with E-state index in [2.05, 4.69) is 20.6 Å². The molecule has 1 saturated heterocycles. The van der Waals surface area contributed by atoms with Crippen molar-refractivity contribution in [3.05, 3.63) is 53.2 Å². The standard InChI is InChI=1S/C20H23ClN6O3S/c21-17-4-2-1-3-14(17)9-20(28)24-15-10-18-16(19(11-15)31(22,29)30)12-27(25-18)13-26-7-5-23-6-8-26/h1-4,10-12,23H,5-9,13H2,(H,24,28)(H2,22,29,30). The van der Waals surface area contributed by atoms with Gasteiger partial charge < -0.3 is 10.6 Å². The van der Waals surface area contributed by atoms with Crippen LogP contribution in [0.2, 0.25) is 5.02 Å². The average molecular weight is 463 g/mol. The van der Waals surface area contributed by atoms with E-state index in [-0.39, 0.29) is 17.2 Å². The topological polar surface area (TPSA) is 122 Å². The molecule has 0 atom stereocenters. The number of anilines is 1. The zero-order chi connectivity index (χ0) is 22.0. The Morgan fingerprint density at radius 2 is 1.97 bits per heavy atom. The number of hydrogen-bond donors (Lipinski definition) is 3. The number of nitrogens with two attached hydrogens (primary N) is 1. The maximum Gasteiger partial charge on any atom is 0.238 e. The van der Waals surface area contributed by atoms with Gasteiger partial charge in [0.15, 0.2) is 0 Å². The fourth-order valence-corrected chi connectivity index (χ4v) is 4.56. The molecule has 164 valence electrons. The Balaban J connectivity index is 1.61. The number of carbonyl (C=O) groups is 1. The number of primary sulfonamides is 1. The highest BCUT2D eigenvalue weighted by Gasteiger charge is 2.19. The molecule has 2 aromatic carbocycles. The second-order valence-electron chi connectivity index (χ2n) is 7.45. The van der Waals surface area contributed by atoms with Crippen LogP contribution >= 0.6 is 11.6 Å². The van der Waals surface area contributed by atoms with Gasteiger partial charge in [-0.1, -0.05) is 29.8 Å². The first-order valence-electron chi connectivity index (χ1n) is 9.80. The van der Waals surface area contributed by atoms with Crippen molar-refractivity contribution >= 4 is 44.1 Å². The molecule has 1 amide bonds. The van der Waals surface area contributed by atoms with Crippen molar-refractivity contribution in [3.63, 3.8) is 0 Å². The van der Waals surface area contributed by atoms with Crippen LogP contribution in [0, 0.1) is 0 Å². The normalized spacial score (nSPS) is 15.3. The number of piperazine rings is 1. The van der Waals surface area contributed by atoms with Crippen LogP contribution in [0.4, 0.5) is 5.69 Å². The van der Waals surface area contributed by atoms with Crippen molar-refractivity contribution in [2.24, 2.45) is 5.14 Å². The molecule has 0 bridgehead atoms. The molecule has 4 rings (SSSR count). The number of halogens is 1. The van der Waals surface area contributed by atoms with E-state index in [9.17, 15) is 13.2 Å². The predicted octanol–water partition coefficient (Wildman–Crippen LogP) is 1.38. The van der Waals surface area contributed by atoms with Crippen LogP contribution in [0.15, 0.2) is 47.5 Å². The Kier molecular flexibility index (Phi) is 6.26. The van der Waals surface area contributed by atoms with E-state index in [0.717, 1.165) is 26.2 Å². The number of benzene rings is 2. The molecule has 0 aliphatic carbocycles. The number of aromatic nitrogens is 2. The van der Waals surface area contributed by atoms with Crippen molar-refractivity contribution in [3.8, 4) is 0 Å². The van der Waals surface area contributed by atoms with Crippen molar-refractivity contribution in [2.75, 3.05) is 31.5 Å². The number of nitrogens with one attached hydrogen (secondary N) is 2. The summed E-state index contributed by atoms with van der Waals surface area (Å²) in [6, 6.07) is 10.1. The maximum absolute atomic E-state index is 12.5. The lowest BCUT2D eigenvalue weighted by atomic mass is 10.1. The number of fused-ring (bicyclic) bond motifs is 1. The molecule has 11 heteroatoms. The molecule has 1 aliphatic rings. The monoisotopic (exact) mass is 462 g/mol. The van der Waals surface area contributed by atoms with Gasteiger partial charge in [0.2, 0.25) is 15.9 Å². The van der Waals surface area contributed by atoms with Crippen LogP contribution in [-0.4, -0.2) is 55.2 Å². The Bertz CT molecular complexity index is 1220. The van der Waals surface area contributed by atoms with Crippen LogP contribution in [0.5, 0.6) is 0 Å². The summed E-state index contributed by atoms with van der Waals surface area (Å²) in [6.07, 6.45) is 1.73. The SMILES string of the molecule is NS(=O)(=O)c1cc(NC(=O)Cc2ccccc2Cl)cc2nn(CN3CCNCC3)cc12. The quantitative estimate of drug-likeness (QED) is 0.508. The molecule has 0 radical (unpaired) electrons. The number of nitrogens with zero attached hydrogens (tertiary/aromatic N) is 3. The lowest BCUT2D eigenvalue weighted by Crippen LogP contribution is -2.44. The maximum atomic E-state index is 12.5. The Labute approximate surface area is 185 Å². The first kappa shape index (κ1) is 21.7. The Morgan fingerprint density at radius 3 is 2.68 bits per heavy atom. The third-order valence-electron chi connectivity index (χ3n) is 5.09. The summed E-state index contributed by atoms with van der Waals surface area (Å²) >= 11 is 6.12. The van der Waals surface area contributed by atoms with Gasteiger partial charge in [-0.15, -0.1) is 0 Å². The van der Waals surface area contributed by atoms with E-state index in [4.69, 9.17) is 16.7 Å². The fraction of sp³-hybridized carbons (Fsp3) is 0.300. The summed E-state index contributed by atoms with van der Waals surface area (Å²) < 4.78 is 26.1. The van der Waals surface area contributed by atoms with Gasteiger partial charge in [0.25, 0.3) is 0 Å².